The molecule has 0 aliphatic heterocycles. The summed E-state index contributed by atoms with van der Waals surface area (Å²) < 4.78 is 0. The van der Waals surface area contributed by atoms with Crippen LogP contribution in [0.2, 0.25) is 0 Å². The monoisotopic (exact) mass is 245 g/mol. The third kappa shape index (κ3) is 12.9. The molecular weight excluding hydrogens is 230 g/mol. The molecule has 8 heteroatoms. The van der Waals surface area contributed by atoms with E-state index >= 15 is 0 Å². The van der Waals surface area contributed by atoms with Crippen LogP contribution < -0.4 is 0 Å². The minimum Gasteiger partial charge on any atom is -1.00 e. The van der Waals surface area contributed by atoms with E-state index in [0.29, 0.717) is 0 Å². The molecule has 78 valence electrons. The molecule has 0 unspecified atom stereocenters. The van der Waals surface area contributed by atoms with Gasteiger partial charge >= 0.3 is 72.7 Å². The molecule has 0 aromatic rings. The molecule has 6 nitrogen and oxygen atoms in total. The van der Waals surface area contributed by atoms with Crippen molar-refractivity contribution in [1.29, 1.82) is 0 Å². The van der Waals surface area contributed by atoms with E-state index in [0.717, 1.165) is 4.90 Å². The van der Waals surface area contributed by atoms with E-state index < -0.39 is 11.9 Å². The van der Waals surface area contributed by atoms with E-state index in [-0.39, 0.29) is 92.7 Å². The Bertz CT molecular complexity index is 177. The van der Waals surface area contributed by atoms with Gasteiger partial charge in [-0.1, -0.05) is 0 Å². The van der Waals surface area contributed by atoms with Crippen LogP contribution in [-0.2, 0) is 9.59 Å². The van der Waals surface area contributed by atoms with Crippen molar-refractivity contribution in [2.24, 2.45) is 0 Å². The number of carboxylic acids is 2. The van der Waals surface area contributed by atoms with Crippen molar-refractivity contribution in [2.45, 2.75) is 0 Å². The van der Waals surface area contributed by atoms with Crippen LogP contribution in [0.15, 0.2) is 0 Å². The summed E-state index contributed by atoms with van der Waals surface area (Å²) >= 11 is 0. The molecule has 0 aliphatic carbocycles. The second-order valence-electron chi connectivity index (χ2n) is 2.22. The SMILES string of the molecule is O=C(O)CN(CCO)CC(=O)O.[Ca+2].[H-].[H-].[H-].[H-].[Mg+2]. The molecule has 14 heavy (non-hydrogen) atoms. The molecule has 0 aliphatic rings. The standard InChI is InChI=1S/C6H11NO5.Ca.Mg.4H/c8-2-1-7(3-5(9)10)4-6(11)12;;;;;;/h8H,1-4H2,(H,9,10)(H,11,12);;;;;;/q;2*+2;4*-1. The fraction of sp³-hybridized carbons (Fsp3) is 0.667. The Morgan fingerprint density at radius 1 is 1.14 bits per heavy atom. The van der Waals surface area contributed by atoms with Crippen LogP contribution in [0.25, 0.3) is 0 Å². The van der Waals surface area contributed by atoms with Gasteiger partial charge in [-0.25, -0.2) is 0 Å². The second-order valence-corrected chi connectivity index (χ2v) is 2.22. The largest absolute Gasteiger partial charge is 2.00 e. The number of nitrogens with zero attached hydrogens (tertiary/aromatic N) is 1. The smallest absolute Gasteiger partial charge is 1.00 e. The van der Waals surface area contributed by atoms with Crippen LogP contribution in [-0.4, -0.2) is 119 Å². The third-order valence-electron chi connectivity index (χ3n) is 1.13. The summed E-state index contributed by atoms with van der Waals surface area (Å²) in [5.41, 5.74) is 0. The summed E-state index contributed by atoms with van der Waals surface area (Å²) in [6.07, 6.45) is 0. The zero-order valence-electron chi connectivity index (χ0n) is 11.8. The number of hydrogen-bond donors (Lipinski definition) is 3. The Morgan fingerprint density at radius 2 is 1.50 bits per heavy atom. The molecule has 0 saturated carbocycles. The summed E-state index contributed by atoms with van der Waals surface area (Å²) in [5, 5.41) is 25.0. The predicted octanol–water partition coefficient (Wildman–Crippen LogP) is -1.86. The van der Waals surface area contributed by atoms with Gasteiger partial charge in [-0.05, 0) is 0 Å². The first-order chi connectivity index (χ1) is 5.56. The molecule has 0 fully saturated rings. The summed E-state index contributed by atoms with van der Waals surface area (Å²) in [4.78, 5) is 21.4. The van der Waals surface area contributed by atoms with Crippen LogP contribution >= 0.6 is 0 Å². The molecular formula is C6H15CaMgNO5. The molecule has 0 amide bonds. The maximum Gasteiger partial charge on any atom is 2.00 e. The van der Waals surface area contributed by atoms with Crippen molar-refractivity contribution in [3.05, 3.63) is 0 Å². The van der Waals surface area contributed by atoms with Gasteiger partial charge in [0, 0.05) is 6.54 Å². The quantitative estimate of drug-likeness (QED) is 0.475. The molecule has 0 bridgehead atoms. The van der Waals surface area contributed by atoms with Gasteiger partial charge in [0.2, 0.25) is 0 Å². The van der Waals surface area contributed by atoms with Crippen molar-refractivity contribution in [2.75, 3.05) is 26.2 Å². The normalized spacial score (nSPS) is 8.71. The van der Waals surface area contributed by atoms with Crippen molar-refractivity contribution >= 4 is 72.7 Å². The summed E-state index contributed by atoms with van der Waals surface area (Å²) in [7, 11) is 0. The first-order valence-electron chi connectivity index (χ1n) is 3.33. The predicted molar refractivity (Wildman–Crippen MR) is 54.8 cm³/mol. The number of hydrogen-bond acceptors (Lipinski definition) is 4. The minimum atomic E-state index is -1.11. The van der Waals surface area contributed by atoms with Gasteiger partial charge in [0.05, 0.1) is 19.7 Å². The minimum absolute atomic E-state index is 0. The van der Waals surface area contributed by atoms with E-state index in [1.165, 1.54) is 0 Å². The summed E-state index contributed by atoms with van der Waals surface area (Å²) in [5.74, 6) is -2.21. The Balaban J connectivity index is -0.0000000403. The van der Waals surface area contributed by atoms with E-state index in [2.05, 4.69) is 0 Å². The molecule has 0 aromatic heterocycles. The zero-order chi connectivity index (χ0) is 9.56. The summed E-state index contributed by atoms with van der Waals surface area (Å²) in [6, 6.07) is 0. The van der Waals surface area contributed by atoms with Crippen molar-refractivity contribution < 1.29 is 30.6 Å². The molecule has 0 spiro atoms. The van der Waals surface area contributed by atoms with Gasteiger partial charge in [-0.2, -0.15) is 0 Å². The summed E-state index contributed by atoms with van der Waals surface area (Å²) in [6.45, 7) is -0.932. The molecule has 3 N–H and O–H groups in total. The van der Waals surface area contributed by atoms with Gasteiger partial charge in [0.15, 0.2) is 0 Å². The number of carboxylic acid groups (broad SMARTS) is 2. The van der Waals surface area contributed by atoms with E-state index in [4.69, 9.17) is 15.3 Å². The Hall–Kier alpha value is 0.886. The Labute approximate surface area is 133 Å². The van der Waals surface area contributed by atoms with Crippen LogP contribution in [0.5, 0.6) is 0 Å². The molecule has 0 saturated heterocycles. The first-order valence-corrected chi connectivity index (χ1v) is 3.33. The molecule has 0 radical (unpaired) electrons. The molecule has 0 atom stereocenters. The van der Waals surface area contributed by atoms with Crippen molar-refractivity contribution in [3.63, 3.8) is 0 Å². The number of aliphatic carboxylic acids is 2. The average Bonchev–Trinajstić information content (AvgIpc) is 1.84. The van der Waals surface area contributed by atoms with Crippen LogP contribution in [0.3, 0.4) is 0 Å². The van der Waals surface area contributed by atoms with Gasteiger partial charge in [0.1, 0.15) is 0 Å². The fourth-order valence-electron chi connectivity index (χ4n) is 0.738. The van der Waals surface area contributed by atoms with Crippen molar-refractivity contribution in [3.8, 4) is 0 Å². The Morgan fingerprint density at radius 3 is 1.71 bits per heavy atom. The second kappa shape index (κ2) is 12.0. The maximum absolute atomic E-state index is 10.1. The molecule has 0 aromatic carbocycles. The van der Waals surface area contributed by atoms with E-state index in [1.807, 2.05) is 0 Å². The zero-order valence-corrected chi connectivity index (χ0v) is 11.5. The van der Waals surface area contributed by atoms with Gasteiger partial charge < -0.3 is 21.0 Å². The van der Waals surface area contributed by atoms with E-state index in [1.54, 1.807) is 0 Å². The average molecular weight is 246 g/mol. The van der Waals surface area contributed by atoms with Gasteiger partial charge in [-0.3, -0.25) is 14.5 Å². The number of carbonyl (C=O) groups is 2. The van der Waals surface area contributed by atoms with Crippen LogP contribution in [0.1, 0.15) is 5.71 Å². The number of rotatable bonds is 6. The third-order valence-corrected chi connectivity index (χ3v) is 1.13. The number of aliphatic hydroxyl groups excluding tert-OH is 1. The van der Waals surface area contributed by atoms with Gasteiger partial charge in [-0.15, -0.1) is 0 Å². The molecule has 0 heterocycles. The van der Waals surface area contributed by atoms with Gasteiger partial charge in [0.25, 0.3) is 0 Å². The van der Waals surface area contributed by atoms with Crippen LogP contribution in [0.4, 0.5) is 0 Å². The van der Waals surface area contributed by atoms with Crippen LogP contribution in [0, 0.1) is 0 Å². The molecule has 0 rings (SSSR count). The Kier molecular flexibility index (Phi) is 17.4. The topological polar surface area (TPSA) is 98.1 Å². The number of aliphatic hydroxyl groups is 1. The van der Waals surface area contributed by atoms with Crippen molar-refractivity contribution in [1.82, 2.24) is 4.90 Å². The fourth-order valence-corrected chi connectivity index (χ4v) is 0.738. The maximum atomic E-state index is 10.1. The first kappa shape index (κ1) is 20.3. The van der Waals surface area contributed by atoms with E-state index in [9.17, 15) is 9.59 Å².